The Bertz CT molecular complexity index is 1200. The van der Waals surface area contributed by atoms with E-state index in [0.29, 0.717) is 28.2 Å². The maximum atomic E-state index is 12.9. The summed E-state index contributed by atoms with van der Waals surface area (Å²) in [5.41, 5.74) is 4.19. The van der Waals surface area contributed by atoms with E-state index in [1.165, 1.54) is 24.2 Å². The molecule has 5 rings (SSSR count). The number of nitrogens with one attached hydrogen (secondary N) is 2. The highest BCUT2D eigenvalue weighted by Gasteiger charge is 2.24. The summed E-state index contributed by atoms with van der Waals surface area (Å²) in [6.45, 7) is 5.94. The van der Waals surface area contributed by atoms with Gasteiger partial charge in [0.15, 0.2) is 0 Å². The number of anilines is 2. The van der Waals surface area contributed by atoms with Crippen LogP contribution in [0.2, 0.25) is 0 Å². The Balaban J connectivity index is 1.28. The van der Waals surface area contributed by atoms with Crippen LogP contribution in [0.3, 0.4) is 0 Å². The fraction of sp³-hybridized carbons (Fsp3) is 0.385. The standard InChI is InChI=1S/C26H29N5O2S/c1-16-5-8-21(24(33)28-25-29-30-26(34-25)31-13-3-4-17(31)2)14-22(16)19-9-11-20(12-10-19)23(32)27-15-18-6-7-18/h5,8-12,14,17-18H,3-4,6-7,13,15H2,1-2H3,(H,27,32)(H,28,29,33). The van der Waals surface area contributed by atoms with Crippen LogP contribution in [0.4, 0.5) is 10.3 Å². The lowest BCUT2D eigenvalue weighted by atomic mass is 9.97. The maximum absolute atomic E-state index is 12.9. The highest BCUT2D eigenvalue weighted by atomic mass is 32.1. The molecule has 1 aliphatic heterocycles. The number of amides is 2. The third kappa shape index (κ3) is 4.97. The van der Waals surface area contributed by atoms with E-state index in [1.807, 2.05) is 49.4 Å². The number of aryl methyl sites for hydroxylation is 1. The summed E-state index contributed by atoms with van der Waals surface area (Å²) in [4.78, 5) is 27.5. The molecule has 34 heavy (non-hydrogen) atoms. The van der Waals surface area contributed by atoms with E-state index in [1.54, 1.807) is 0 Å². The van der Waals surface area contributed by atoms with Crippen LogP contribution < -0.4 is 15.5 Å². The van der Waals surface area contributed by atoms with Crippen molar-refractivity contribution in [3.05, 3.63) is 59.2 Å². The molecule has 0 spiro atoms. The van der Waals surface area contributed by atoms with Gasteiger partial charge in [0.25, 0.3) is 11.8 Å². The summed E-state index contributed by atoms with van der Waals surface area (Å²) in [7, 11) is 0. The Morgan fingerprint density at radius 1 is 1.03 bits per heavy atom. The molecule has 1 saturated carbocycles. The van der Waals surface area contributed by atoms with E-state index in [-0.39, 0.29) is 11.8 Å². The first-order valence-electron chi connectivity index (χ1n) is 11.9. The molecule has 0 bridgehead atoms. The number of rotatable bonds is 7. The zero-order valence-electron chi connectivity index (χ0n) is 19.5. The van der Waals surface area contributed by atoms with Crippen molar-refractivity contribution in [1.82, 2.24) is 15.5 Å². The smallest absolute Gasteiger partial charge is 0.257 e. The highest BCUT2D eigenvalue weighted by molar-refractivity contribution is 7.19. The van der Waals surface area contributed by atoms with Crippen LogP contribution >= 0.6 is 11.3 Å². The Morgan fingerprint density at radius 3 is 2.50 bits per heavy atom. The highest BCUT2D eigenvalue weighted by Crippen LogP contribution is 2.31. The first-order valence-corrected chi connectivity index (χ1v) is 12.7. The van der Waals surface area contributed by atoms with Crippen molar-refractivity contribution < 1.29 is 9.59 Å². The number of aromatic nitrogens is 2. The van der Waals surface area contributed by atoms with Gasteiger partial charge in [-0.25, -0.2) is 0 Å². The largest absolute Gasteiger partial charge is 0.352 e. The van der Waals surface area contributed by atoms with Crippen molar-refractivity contribution in [1.29, 1.82) is 0 Å². The lowest BCUT2D eigenvalue weighted by Crippen LogP contribution is -2.25. The summed E-state index contributed by atoms with van der Waals surface area (Å²) < 4.78 is 0. The molecule has 2 heterocycles. The Morgan fingerprint density at radius 2 is 1.79 bits per heavy atom. The van der Waals surface area contributed by atoms with Crippen LogP contribution in [-0.4, -0.2) is 41.1 Å². The van der Waals surface area contributed by atoms with Crippen molar-refractivity contribution >= 4 is 33.4 Å². The minimum absolute atomic E-state index is 0.0388. The lowest BCUT2D eigenvalue weighted by molar-refractivity contribution is 0.0951. The van der Waals surface area contributed by atoms with Crippen LogP contribution in [0, 0.1) is 12.8 Å². The Labute approximate surface area is 203 Å². The molecule has 1 aliphatic carbocycles. The summed E-state index contributed by atoms with van der Waals surface area (Å²) in [5, 5.41) is 15.7. The number of hydrogen-bond donors (Lipinski definition) is 2. The van der Waals surface area contributed by atoms with Crippen LogP contribution in [0.15, 0.2) is 42.5 Å². The summed E-state index contributed by atoms with van der Waals surface area (Å²) in [6, 6.07) is 13.6. The van der Waals surface area contributed by atoms with Gasteiger partial charge < -0.3 is 10.2 Å². The predicted octanol–water partition coefficient (Wildman–Crippen LogP) is 4.89. The quantitative estimate of drug-likeness (QED) is 0.508. The second-order valence-electron chi connectivity index (χ2n) is 9.29. The van der Waals surface area contributed by atoms with Crippen molar-refractivity contribution in [3.63, 3.8) is 0 Å². The first kappa shape index (κ1) is 22.5. The molecule has 1 aromatic heterocycles. The van der Waals surface area contributed by atoms with Gasteiger partial charge in [-0.15, -0.1) is 10.2 Å². The van der Waals surface area contributed by atoms with E-state index >= 15 is 0 Å². The normalized spacial score (nSPS) is 17.6. The van der Waals surface area contributed by atoms with Gasteiger partial charge in [0.05, 0.1) is 0 Å². The van der Waals surface area contributed by atoms with Gasteiger partial charge in [0.2, 0.25) is 10.3 Å². The molecule has 2 N–H and O–H groups in total. The van der Waals surface area contributed by atoms with Crippen LogP contribution in [0.25, 0.3) is 11.1 Å². The number of carbonyl (C=O) groups excluding carboxylic acids is 2. The number of hydrogen-bond acceptors (Lipinski definition) is 6. The zero-order valence-corrected chi connectivity index (χ0v) is 20.3. The fourth-order valence-electron chi connectivity index (χ4n) is 4.31. The topological polar surface area (TPSA) is 87.2 Å². The third-order valence-corrected chi connectivity index (χ3v) is 7.52. The predicted molar refractivity (Wildman–Crippen MR) is 136 cm³/mol. The number of benzene rings is 2. The average molecular weight is 476 g/mol. The fourth-order valence-corrected chi connectivity index (χ4v) is 5.17. The molecule has 3 aromatic rings. The lowest BCUT2D eigenvalue weighted by Gasteiger charge is -2.18. The molecule has 2 fully saturated rings. The van der Waals surface area contributed by atoms with E-state index in [2.05, 4.69) is 32.7 Å². The first-order chi connectivity index (χ1) is 16.5. The van der Waals surface area contributed by atoms with Gasteiger partial charge >= 0.3 is 0 Å². The number of carbonyl (C=O) groups is 2. The van der Waals surface area contributed by atoms with Crippen LogP contribution in [0.1, 0.15) is 58.9 Å². The zero-order chi connectivity index (χ0) is 23.7. The molecule has 8 heteroatoms. The molecule has 2 aromatic carbocycles. The maximum Gasteiger partial charge on any atom is 0.257 e. The Hall–Kier alpha value is -3.26. The SMILES string of the molecule is Cc1ccc(C(=O)Nc2nnc(N3CCCC3C)s2)cc1-c1ccc(C(=O)NCC2CC2)cc1. The molecule has 0 radical (unpaired) electrons. The summed E-state index contributed by atoms with van der Waals surface area (Å²) in [5.74, 6) is 0.396. The molecule has 2 aliphatic rings. The van der Waals surface area contributed by atoms with Crippen LogP contribution in [-0.2, 0) is 0 Å². The third-order valence-electron chi connectivity index (χ3n) is 6.64. The van der Waals surface area contributed by atoms with Gasteiger partial charge in [-0.1, -0.05) is 29.5 Å². The van der Waals surface area contributed by atoms with Gasteiger partial charge in [-0.3, -0.25) is 14.9 Å². The summed E-state index contributed by atoms with van der Waals surface area (Å²) in [6.07, 6.45) is 4.72. The second-order valence-corrected chi connectivity index (χ2v) is 10.2. The molecular formula is C26H29N5O2S. The molecule has 2 amide bonds. The van der Waals surface area contributed by atoms with Gasteiger partial charge in [0.1, 0.15) is 0 Å². The van der Waals surface area contributed by atoms with Gasteiger partial charge in [-0.05, 0) is 86.4 Å². The van der Waals surface area contributed by atoms with E-state index < -0.39 is 0 Å². The van der Waals surface area contributed by atoms with Gasteiger partial charge in [-0.2, -0.15) is 0 Å². The van der Waals surface area contributed by atoms with Gasteiger partial charge in [0, 0.05) is 30.3 Å². The minimum atomic E-state index is -0.213. The molecule has 1 unspecified atom stereocenters. The number of nitrogens with zero attached hydrogens (tertiary/aromatic N) is 3. The molecule has 1 atom stereocenters. The molecular weight excluding hydrogens is 446 g/mol. The second kappa shape index (κ2) is 9.54. The monoisotopic (exact) mass is 475 g/mol. The average Bonchev–Trinajstić information content (AvgIpc) is 3.40. The Kier molecular flexibility index (Phi) is 6.32. The van der Waals surface area contributed by atoms with Crippen molar-refractivity contribution in [2.75, 3.05) is 23.3 Å². The van der Waals surface area contributed by atoms with E-state index in [9.17, 15) is 9.59 Å². The molecule has 176 valence electrons. The van der Waals surface area contributed by atoms with Crippen molar-refractivity contribution in [3.8, 4) is 11.1 Å². The molecule has 1 saturated heterocycles. The van der Waals surface area contributed by atoms with E-state index in [4.69, 9.17) is 0 Å². The van der Waals surface area contributed by atoms with Crippen LogP contribution in [0.5, 0.6) is 0 Å². The van der Waals surface area contributed by atoms with Crippen molar-refractivity contribution in [2.24, 2.45) is 5.92 Å². The minimum Gasteiger partial charge on any atom is -0.352 e. The van der Waals surface area contributed by atoms with E-state index in [0.717, 1.165) is 47.8 Å². The summed E-state index contributed by atoms with van der Waals surface area (Å²) >= 11 is 1.41. The van der Waals surface area contributed by atoms with Crippen molar-refractivity contribution in [2.45, 2.75) is 45.6 Å². The molecule has 7 nitrogen and oxygen atoms in total.